The zero-order chi connectivity index (χ0) is 23.9. The summed E-state index contributed by atoms with van der Waals surface area (Å²) in [6.07, 6.45) is -0.0472. The van der Waals surface area contributed by atoms with Crippen LogP contribution in [0.25, 0.3) is 0 Å². The molecule has 5 N–H and O–H groups in total. The number of benzene rings is 3. The smallest absolute Gasteiger partial charge is 0.326 e. The first kappa shape index (κ1) is 23.9. The molecule has 3 aromatic rings. The summed E-state index contributed by atoms with van der Waals surface area (Å²) in [6, 6.07) is 17.1. The molecule has 166 valence electrons. The molecule has 0 aliphatic rings. The highest BCUT2D eigenvalue weighted by Crippen LogP contribution is 2.35. The Morgan fingerprint density at radius 3 is 1.53 bits per heavy atom. The van der Waals surface area contributed by atoms with Crippen molar-refractivity contribution in [2.45, 2.75) is 18.8 Å². The molecule has 0 fully saturated rings. The first-order valence-corrected chi connectivity index (χ1v) is 9.40. The number of phenols is 3. The van der Waals surface area contributed by atoms with Crippen LogP contribution in [0.5, 0.6) is 17.2 Å². The van der Waals surface area contributed by atoms with Crippen LogP contribution in [0.4, 0.5) is 0 Å². The third kappa shape index (κ3) is 5.42. The van der Waals surface area contributed by atoms with Gasteiger partial charge >= 0.3 is 11.9 Å². The molecule has 8 nitrogen and oxygen atoms in total. The van der Waals surface area contributed by atoms with Gasteiger partial charge in [-0.3, -0.25) is 14.4 Å². The molecule has 8 heteroatoms. The molecule has 0 saturated heterocycles. The molecule has 0 amide bonds. The van der Waals surface area contributed by atoms with Gasteiger partial charge in [-0.1, -0.05) is 36.4 Å². The summed E-state index contributed by atoms with van der Waals surface area (Å²) in [5, 5.41) is 45.7. The Hall–Kier alpha value is -4.33. The van der Waals surface area contributed by atoms with Crippen LogP contribution in [0.1, 0.15) is 23.6 Å². The average molecular weight is 438 g/mol. The SMILES string of the molecule is CC(=O)C(C(=O)O)(c1ccc(O)cc1)c1ccc(O)cc1.O=C(O)Cc1cccc(O)c1. The zero-order valence-corrected chi connectivity index (χ0v) is 17.1. The van der Waals surface area contributed by atoms with Gasteiger partial charge in [-0.05, 0) is 60.0 Å². The number of carbonyl (C=O) groups excluding carboxylic acids is 1. The lowest BCUT2D eigenvalue weighted by Gasteiger charge is -2.28. The number of aromatic hydroxyl groups is 3. The molecule has 0 spiro atoms. The highest BCUT2D eigenvalue weighted by molar-refractivity contribution is 6.11. The quantitative estimate of drug-likeness (QED) is 0.368. The maximum Gasteiger partial charge on any atom is 0.326 e. The second kappa shape index (κ2) is 10.1. The van der Waals surface area contributed by atoms with Gasteiger partial charge in [-0.2, -0.15) is 0 Å². The molecule has 0 aliphatic carbocycles. The summed E-state index contributed by atoms with van der Waals surface area (Å²) >= 11 is 0. The van der Waals surface area contributed by atoms with E-state index in [1.165, 1.54) is 67.6 Å². The number of carboxylic acids is 2. The van der Waals surface area contributed by atoms with E-state index in [0.29, 0.717) is 5.56 Å². The van der Waals surface area contributed by atoms with Crippen LogP contribution in [-0.2, 0) is 26.2 Å². The number of carbonyl (C=O) groups is 3. The van der Waals surface area contributed by atoms with E-state index in [0.717, 1.165) is 0 Å². The first-order valence-electron chi connectivity index (χ1n) is 9.40. The minimum atomic E-state index is -1.87. The van der Waals surface area contributed by atoms with E-state index in [9.17, 15) is 29.7 Å². The van der Waals surface area contributed by atoms with Crippen LogP contribution in [0.2, 0.25) is 0 Å². The maximum atomic E-state index is 12.2. The molecule has 32 heavy (non-hydrogen) atoms. The number of aliphatic carboxylic acids is 2. The summed E-state index contributed by atoms with van der Waals surface area (Å²) in [6.45, 7) is 1.20. The summed E-state index contributed by atoms with van der Waals surface area (Å²) in [7, 11) is 0. The lowest BCUT2D eigenvalue weighted by Crippen LogP contribution is -2.43. The molecule has 0 aromatic heterocycles. The van der Waals surface area contributed by atoms with Crippen molar-refractivity contribution < 1.29 is 39.9 Å². The van der Waals surface area contributed by atoms with Gasteiger partial charge < -0.3 is 25.5 Å². The van der Waals surface area contributed by atoms with Crippen molar-refractivity contribution in [2.24, 2.45) is 0 Å². The summed E-state index contributed by atoms with van der Waals surface area (Å²) < 4.78 is 0. The van der Waals surface area contributed by atoms with E-state index in [1.54, 1.807) is 12.1 Å². The van der Waals surface area contributed by atoms with Gasteiger partial charge in [-0.15, -0.1) is 0 Å². The largest absolute Gasteiger partial charge is 0.508 e. The number of ketones is 1. The van der Waals surface area contributed by atoms with E-state index >= 15 is 0 Å². The molecular formula is C24H22O8. The van der Waals surface area contributed by atoms with Crippen molar-refractivity contribution in [3.8, 4) is 17.2 Å². The molecule has 0 aliphatic heterocycles. The molecule has 0 bridgehead atoms. The maximum absolute atomic E-state index is 12.2. The van der Waals surface area contributed by atoms with Gasteiger partial charge in [0, 0.05) is 0 Å². The minimum Gasteiger partial charge on any atom is -0.508 e. The summed E-state index contributed by atoms with van der Waals surface area (Å²) in [5.41, 5.74) is -0.782. The second-order valence-electron chi connectivity index (χ2n) is 6.95. The fraction of sp³-hybridized carbons (Fsp3) is 0.125. The van der Waals surface area contributed by atoms with Gasteiger partial charge in [0.1, 0.15) is 17.2 Å². The highest BCUT2D eigenvalue weighted by Gasteiger charge is 2.47. The number of hydrogen-bond acceptors (Lipinski definition) is 6. The third-order valence-corrected chi connectivity index (χ3v) is 4.72. The first-order chi connectivity index (χ1) is 15.1. The Bertz CT molecular complexity index is 1040. The van der Waals surface area contributed by atoms with Crippen molar-refractivity contribution in [1.82, 2.24) is 0 Å². The van der Waals surface area contributed by atoms with E-state index in [1.807, 2.05) is 0 Å². The Morgan fingerprint density at radius 1 is 0.719 bits per heavy atom. The van der Waals surface area contributed by atoms with Gasteiger partial charge in [0.25, 0.3) is 0 Å². The predicted octanol–water partition coefficient (Wildman–Crippen LogP) is 3.08. The minimum absolute atomic E-state index is 0.0210. The van der Waals surface area contributed by atoms with E-state index in [-0.39, 0.29) is 34.8 Å². The van der Waals surface area contributed by atoms with Crippen LogP contribution >= 0.6 is 0 Å². The van der Waals surface area contributed by atoms with Crippen molar-refractivity contribution in [2.75, 3.05) is 0 Å². The second-order valence-corrected chi connectivity index (χ2v) is 6.95. The number of carboxylic acid groups (broad SMARTS) is 2. The van der Waals surface area contributed by atoms with Crippen LogP contribution in [-0.4, -0.2) is 43.3 Å². The van der Waals surface area contributed by atoms with Gasteiger partial charge in [0.15, 0.2) is 11.2 Å². The topological polar surface area (TPSA) is 152 Å². The van der Waals surface area contributed by atoms with Crippen molar-refractivity contribution in [3.05, 3.63) is 89.5 Å². The fourth-order valence-electron chi connectivity index (χ4n) is 3.23. The number of phenolic OH excluding ortho intramolecular Hbond substituents is 3. The van der Waals surface area contributed by atoms with Crippen LogP contribution in [0.3, 0.4) is 0 Å². The average Bonchev–Trinajstić information content (AvgIpc) is 2.71. The molecule has 0 saturated carbocycles. The Balaban J connectivity index is 0.000000278. The Labute approximate surface area is 183 Å². The zero-order valence-electron chi connectivity index (χ0n) is 17.1. The number of Topliss-reactive ketones (excluding diaryl/α,β-unsaturated/α-hetero) is 1. The van der Waals surface area contributed by atoms with E-state index < -0.39 is 23.1 Å². The van der Waals surface area contributed by atoms with Crippen molar-refractivity contribution in [3.63, 3.8) is 0 Å². The summed E-state index contributed by atoms with van der Waals surface area (Å²) in [4.78, 5) is 34.3. The lowest BCUT2D eigenvalue weighted by atomic mass is 9.71. The Morgan fingerprint density at radius 2 is 1.19 bits per heavy atom. The fourth-order valence-corrected chi connectivity index (χ4v) is 3.23. The van der Waals surface area contributed by atoms with E-state index in [2.05, 4.69) is 0 Å². The van der Waals surface area contributed by atoms with Gasteiger partial charge in [-0.25, -0.2) is 0 Å². The molecule has 0 heterocycles. The Kier molecular flexibility index (Phi) is 7.57. The number of hydrogen-bond donors (Lipinski definition) is 5. The van der Waals surface area contributed by atoms with Crippen molar-refractivity contribution >= 4 is 17.7 Å². The summed E-state index contributed by atoms with van der Waals surface area (Å²) in [5.74, 6) is -2.71. The van der Waals surface area contributed by atoms with E-state index in [4.69, 9.17) is 10.2 Å². The van der Waals surface area contributed by atoms with Crippen LogP contribution in [0.15, 0.2) is 72.8 Å². The molecule has 3 aromatic carbocycles. The van der Waals surface area contributed by atoms with Crippen molar-refractivity contribution in [1.29, 1.82) is 0 Å². The molecular weight excluding hydrogens is 416 g/mol. The normalized spacial score (nSPS) is 10.5. The molecule has 0 unspecified atom stereocenters. The number of rotatable bonds is 6. The predicted molar refractivity (Wildman–Crippen MR) is 115 cm³/mol. The monoisotopic (exact) mass is 438 g/mol. The van der Waals surface area contributed by atoms with Crippen LogP contribution < -0.4 is 0 Å². The lowest BCUT2D eigenvalue weighted by molar-refractivity contribution is -0.146. The molecule has 0 radical (unpaired) electrons. The molecule has 3 rings (SSSR count). The van der Waals surface area contributed by atoms with Gasteiger partial charge in [0.2, 0.25) is 0 Å². The third-order valence-electron chi connectivity index (χ3n) is 4.72. The van der Waals surface area contributed by atoms with Gasteiger partial charge in [0.05, 0.1) is 6.42 Å². The standard InChI is InChI=1S/C16H14O5.C8H8O3/c1-10(17)16(15(20)21,11-2-6-13(18)7-3-11)12-4-8-14(19)9-5-12;9-7-3-1-2-6(4-7)5-8(10)11/h2-9,18-19H,1H3,(H,20,21);1-4,9H,5H2,(H,10,11). The van der Waals surface area contributed by atoms with Crippen LogP contribution in [0, 0.1) is 0 Å². The molecule has 0 atom stereocenters. The highest BCUT2D eigenvalue weighted by atomic mass is 16.4.